The van der Waals surface area contributed by atoms with Gasteiger partial charge in [-0.25, -0.2) is 0 Å². The van der Waals surface area contributed by atoms with Crippen molar-refractivity contribution in [2.45, 2.75) is 13.3 Å². The van der Waals surface area contributed by atoms with Gasteiger partial charge in [0, 0.05) is 5.56 Å². The second kappa shape index (κ2) is 4.84. The molecule has 0 bridgehead atoms. The van der Waals surface area contributed by atoms with E-state index in [1.165, 1.54) is 16.7 Å². The summed E-state index contributed by atoms with van der Waals surface area (Å²) in [6.07, 6.45) is 0.980. The van der Waals surface area contributed by atoms with Gasteiger partial charge in [-0.1, -0.05) is 49.4 Å². The lowest BCUT2D eigenvalue weighted by atomic mass is 9.97. The van der Waals surface area contributed by atoms with E-state index in [2.05, 4.69) is 37.3 Å². The molecule has 2 aromatic rings. The smallest absolute Gasteiger partial charge is 0.122 e. The molecule has 0 atom stereocenters. The van der Waals surface area contributed by atoms with E-state index in [0.717, 1.165) is 12.2 Å². The second-order valence-corrected chi connectivity index (χ2v) is 3.71. The van der Waals surface area contributed by atoms with Crippen molar-refractivity contribution in [2.75, 3.05) is 7.11 Å². The minimum Gasteiger partial charge on any atom is -0.496 e. The summed E-state index contributed by atoms with van der Waals surface area (Å²) in [6, 6.07) is 16.6. The quantitative estimate of drug-likeness (QED) is 0.749. The second-order valence-electron chi connectivity index (χ2n) is 3.71. The van der Waals surface area contributed by atoms with Gasteiger partial charge in [-0.05, 0) is 23.6 Å². The first-order valence-electron chi connectivity index (χ1n) is 5.58. The van der Waals surface area contributed by atoms with Crippen LogP contribution in [0.2, 0.25) is 0 Å². The topological polar surface area (TPSA) is 9.23 Å². The number of benzene rings is 2. The summed E-state index contributed by atoms with van der Waals surface area (Å²) in [5.41, 5.74) is 3.79. The predicted molar refractivity (Wildman–Crippen MR) is 67.8 cm³/mol. The molecule has 0 unspecified atom stereocenters. The average Bonchev–Trinajstić information content (AvgIpc) is 2.38. The molecule has 0 aliphatic heterocycles. The lowest BCUT2D eigenvalue weighted by molar-refractivity contribution is 0.410. The van der Waals surface area contributed by atoms with Gasteiger partial charge in [0.25, 0.3) is 0 Å². The van der Waals surface area contributed by atoms with Crippen molar-refractivity contribution in [3.8, 4) is 16.9 Å². The number of hydrogen-bond donors (Lipinski definition) is 0. The zero-order valence-corrected chi connectivity index (χ0v) is 9.73. The van der Waals surface area contributed by atoms with E-state index < -0.39 is 0 Å². The molecule has 0 amide bonds. The SMILES string of the molecule is CCc1c(OC)cccc1-c1ccccc1. The fraction of sp³-hybridized carbons (Fsp3) is 0.200. The van der Waals surface area contributed by atoms with Crippen LogP contribution < -0.4 is 4.74 Å². The van der Waals surface area contributed by atoms with Crippen LogP contribution in [-0.4, -0.2) is 7.11 Å². The van der Waals surface area contributed by atoms with Gasteiger partial charge in [0.2, 0.25) is 0 Å². The van der Waals surface area contributed by atoms with Crippen molar-refractivity contribution >= 4 is 0 Å². The highest BCUT2D eigenvalue weighted by Crippen LogP contribution is 2.30. The first kappa shape index (κ1) is 10.7. The van der Waals surface area contributed by atoms with Crippen molar-refractivity contribution in [3.63, 3.8) is 0 Å². The Morgan fingerprint density at radius 3 is 2.31 bits per heavy atom. The molecule has 0 saturated heterocycles. The minimum atomic E-state index is 0.976. The highest BCUT2D eigenvalue weighted by Gasteiger charge is 2.07. The van der Waals surface area contributed by atoms with Crippen molar-refractivity contribution in [2.24, 2.45) is 0 Å². The van der Waals surface area contributed by atoms with Gasteiger partial charge in [-0.3, -0.25) is 0 Å². The Morgan fingerprint density at radius 1 is 0.938 bits per heavy atom. The third kappa shape index (κ3) is 1.94. The maximum Gasteiger partial charge on any atom is 0.122 e. The maximum absolute atomic E-state index is 5.40. The van der Waals surface area contributed by atoms with Crippen molar-refractivity contribution < 1.29 is 4.74 Å². The zero-order valence-electron chi connectivity index (χ0n) is 9.73. The summed E-state index contributed by atoms with van der Waals surface area (Å²) in [4.78, 5) is 0. The van der Waals surface area contributed by atoms with Crippen molar-refractivity contribution in [1.29, 1.82) is 0 Å². The van der Waals surface area contributed by atoms with E-state index in [0.29, 0.717) is 0 Å². The summed E-state index contributed by atoms with van der Waals surface area (Å²) in [6.45, 7) is 2.16. The van der Waals surface area contributed by atoms with Gasteiger partial charge in [-0.2, -0.15) is 0 Å². The molecule has 16 heavy (non-hydrogen) atoms. The van der Waals surface area contributed by atoms with Crippen LogP contribution in [0.15, 0.2) is 48.5 Å². The summed E-state index contributed by atoms with van der Waals surface area (Å²) < 4.78 is 5.40. The molecule has 0 aliphatic rings. The largest absolute Gasteiger partial charge is 0.496 e. The van der Waals surface area contributed by atoms with Crippen molar-refractivity contribution in [3.05, 3.63) is 54.1 Å². The molecule has 2 aromatic carbocycles. The number of ether oxygens (including phenoxy) is 1. The third-order valence-corrected chi connectivity index (χ3v) is 2.79. The average molecular weight is 212 g/mol. The molecule has 0 spiro atoms. The Balaban J connectivity index is 2.57. The molecule has 82 valence electrons. The van der Waals surface area contributed by atoms with Gasteiger partial charge in [0.15, 0.2) is 0 Å². The molecule has 0 radical (unpaired) electrons. The fourth-order valence-corrected chi connectivity index (χ4v) is 2.01. The molecule has 0 heterocycles. The monoisotopic (exact) mass is 212 g/mol. The van der Waals surface area contributed by atoms with E-state index in [-0.39, 0.29) is 0 Å². The number of rotatable bonds is 3. The molecule has 2 rings (SSSR count). The van der Waals surface area contributed by atoms with E-state index in [1.807, 2.05) is 18.2 Å². The Kier molecular flexibility index (Phi) is 3.25. The van der Waals surface area contributed by atoms with Gasteiger partial charge < -0.3 is 4.74 Å². The molecule has 1 heteroatoms. The molecule has 1 nitrogen and oxygen atoms in total. The lowest BCUT2D eigenvalue weighted by Gasteiger charge is -2.12. The van der Waals surface area contributed by atoms with Crippen LogP contribution in [0.4, 0.5) is 0 Å². The first-order chi connectivity index (χ1) is 7.86. The van der Waals surface area contributed by atoms with Gasteiger partial charge in [0.05, 0.1) is 7.11 Å². The molecule has 0 saturated carbocycles. The van der Waals surface area contributed by atoms with Crippen LogP contribution >= 0.6 is 0 Å². The lowest BCUT2D eigenvalue weighted by Crippen LogP contribution is -1.93. The molecule has 0 fully saturated rings. The van der Waals surface area contributed by atoms with Gasteiger partial charge >= 0.3 is 0 Å². The molecule has 0 aromatic heterocycles. The minimum absolute atomic E-state index is 0.976. The van der Waals surface area contributed by atoms with Crippen LogP contribution in [-0.2, 0) is 6.42 Å². The highest BCUT2D eigenvalue weighted by atomic mass is 16.5. The first-order valence-corrected chi connectivity index (χ1v) is 5.58. The number of methoxy groups -OCH3 is 1. The Bertz CT molecular complexity index is 460. The zero-order chi connectivity index (χ0) is 11.4. The Labute approximate surface area is 96.7 Å². The maximum atomic E-state index is 5.40. The molecule has 0 N–H and O–H groups in total. The Morgan fingerprint density at radius 2 is 1.69 bits per heavy atom. The molecular weight excluding hydrogens is 196 g/mol. The van der Waals surface area contributed by atoms with E-state index in [1.54, 1.807) is 7.11 Å². The number of hydrogen-bond acceptors (Lipinski definition) is 1. The normalized spacial score (nSPS) is 10.1. The summed E-state index contributed by atoms with van der Waals surface area (Å²) >= 11 is 0. The van der Waals surface area contributed by atoms with Gasteiger partial charge in [-0.15, -0.1) is 0 Å². The summed E-state index contributed by atoms with van der Waals surface area (Å²) in [5, 5.41) is 0. The van der Waals surface area contributed by atoms with Crippen LogP contribution in [0.1, 0.15) is 12.5 Å². The Hall–Kier alpha value is -1.76. The van der Waals surface area contributed by atoms with Crippen LogP contribution in [0.3, 0.4) is 0 Å². The van der Waals surface area contributed by atoms with Crippen molar-refractivity contribution in [1.82, 2.24) is 0 Å². The van der Waals surface area contributed by atoms with Crippen LogP contribution in [0.5, 0.6) is 5.75 Å². The fourth-order valence-electron chi connectivity index (χ4n) is 2.01. The van der Waals surface area contributed by atoms with Gasteiger partial charge in [0.1, 0.15) is 5.75 Å². The predicted octanol–water partition coefficient (Wildman–Crippen LogP) is 3.92. The van der Waals surface area contributed by atoms with Crippen LogP contribution in [0, 0.1) is 0 Å². The van der Waals surface area contributed by atoms with Crippen LogP contribution in [0.25, 0.3) is 11.1 Å². The van der Waals surface area contributed by atoms with E-state index in [4.69, 9.17) is 4.74 Å². The van der Waals surface area contributed by atoms with E-state index in [9.17, 15) is 0 Å². The summed E-state index contributed by atoms with van der Waals surface area (Å²) in [5.74, 6) is 0.976. The standard InChI is InChI=1S/C15H16O/c1-3-13-14(10-7-11-15(13)16-2)12-8-5-4-6-9-12/h4-11H,3H2,1-2H3. The molecular formula is C15H16O. The third-order valence-electron chi connectivity index (χ3n) is 2.79. The molecule has 0 aliphatic carbocycles. The van der Waals surface area contributed by atoms with E-state index >= 15 is 0 Å². The highest BCUT2D eigenvalue weighted by molar-refractivity contribution is 5.70. The summed E-state index contributed by atoms with van der Waals surface area (Å²) in [7, 11) is 1.73.